The molecule has 0 radical (unpaired) electrons. The lowest BCUT2D eigenvalue weighted by Gasteiger charge is -2.22. The van der Waals surface area contributed by atoms with Gasteiger partial charge < -0.3 is 10.1 Å². The van der Waals surface area contributed by atoms with Crippen LogP contribution in [0, 0.1) is 5.92 Å². The first-order valence-electron chi connectivity index (χ1n) is 7.50. The molecule has 22 heavy (non-hydrogen) atoms. The van der Waals surface area contributed by atoms with Gasteiger partial charge in [0.05, 0.1) is 17.1 Å². The number of piperidine rings is 1. The maximum absolute atomic E-state index is 12.2. The molecule has 0 bridgehead atoms. The summed E-state index contributed by atoms with van der Waals surface area (Å²) in [6.45, 7) is 4.27. The van der Waals surface area contributed by atoms with Crippen LogP contribution in [0.2, 0.25) is 0 Å². The Hall–Kier alpha value is -1.44. The second-order valence-corrected chi connectivity index (χ2v) is 7.08. The van der Waals surface area contributed by atoms with Crippen LogP contribution in [0.1, 0.15) is 30.1 Å². The van der Waals surface area contributed by atoms with Crippen molar-refractivity contribution >= 4 is 16.0 Å². The molecule has 1 saturated heterocycles. The molecule has 0 aliphatic carbocycles. The minimum atomic E-state index is -3.54. The van der Waals surface area contributed by atoms with Crippen molar-refractivity contribution in [2.24, 2.45) is 5.92 Å². The Kier molecular flexibility index (Phi) is 5.93. The largest absolute Gasteiger partial charge is 0.462 e. The fourth-order valence-corrected chi connectivity index (χ4v) is 3.51. The predicted molar refractivity (Wildman–Crippen MR) is 83.2 cm³/mol. The average Bonchev–Trinajstić information content (AvgIpc) is 2.54. The molecule has 6 nitrogen and oxygen atoms in total. The normalized spacial score (nSPS) is 18.9. The van der Waals surface area contributed by atoms with E-state index in [0.717, 1.165) is 25.9 Å². The summed E-state index contributed by atoms with van der Waals surface area (Å²) in [7, 11) is -3.54. The highest BCUT2D eigenvalue weighted by Gasteiger charge is 2.19. The Morgan fingerprint density at radius 2 is 2.09 bits per heavy atom. The SMILES string of the molecule is CCOC(=O)c1ccc(S(=O)(=O)NCC2CCCNC2)cc1. The van der Waals surface area contributed by atoms with E-state index in [-0.39, 0.29) is 11.5 Å². The van der Waals surface area contributed by atoms with Crippen LogP contribution in [0.3, 0.4) is 0 Å². The van der Waals surface area contributed by atoms with Gasteiger partial charge in [0, 0.05) is 6.54 Å². The number of sulfonamides is 1. The van der Waals surface area contributed by atoms with E-state index in [2.05, 4.69) is 10.0 Å². The van der Waals surface area contributed by atoms with Crippen LogP contribution >= 0.6 is 0 Å². The third kappa shape index (κ3) is 4.53. The maximum Gasteiger partial charge on any atom is 0.338 e. The first kappa shape index (κ1) is 16.9. The number of esters is 1. The number of ether oxygens (including phenoxy) is 1. The van der Waals surface area contributed by atoms with Crippen molar-refractivity contribution in [2.75, 3.05) is 26.2 Å². The zero-order valence-corrected chi connectivity index (χ0v) is 13.5. The van der Waals surface area contributed by atoms with Crippen LogP contribution in [0.15, 0.2) is 29.2 Å². The minimum absolute atomic E-state index is 0.157. The molecule has 0 spiro atoms. The van der Waals surface area contributed by atoms with Gasteiger partial charge in [-0.2, -0.15) is 0 Å². The van der Waals surface area contributed by atoms with Crippen molar-refractivity contribution < 1.29 is 17.9 Å². The van der Waals surface area contributed by atoms with E-state index in [9.17, 15) is 13.2 Å². The number of rotatable bonds is 6. The molecule has 0 aromatic heterocycles. The topological polar surface area (TPSA) is 84.5 Å². The van der Waals surface area contributed by atoms with E-state index in [1.165, 1.54) is 24.3 Å². The van der Waals surface area contributed by atoms with Crippen LogP contribution in [0.25, 0.3) is 0 Å². The number of carbonyl (C=O) groups excluding carboxylic acids is 1. The standard InChI is InChI=1S/C15H22N2O4S/c1-2-21-15(18)13-5-7-14(8-6-13)22(19,20)17-11-12-4-3-9-16-10-12/h5-8,12,16-17H,2-4,9-11H2,1H3. The molecule has 1 fully saturated rings. The molecule has 2 N–H and O–H groups in total. The average molecular weight is 326 g/mol. The zero-order chi connectivity index (χ0) is 16.0. The first-order chi connectivity index (χ1) is 10.5. The molecule has 2 rings (SSSR count). The van der Waals surface area contributed by atoms with Gasteiger partial charge in [-0.15, -0.1) is 0 Å². The Labute approximate surface area is 131 Å². The van der Waals surface area contributed by atoms with E-state index >= 15 is 0 Å². The van der Waals surface area contributed by atoms with Gasteiger partial charge in [0.2, 0.25) is 10.0 Å². The molecule has 1 aliphatic heterocycles. The number of carbonyl (C=O) groups is 1. The van der Waals surface area contributed by atoms with Gasteiger partial charge in [-0.1, -0.05) is 0 Å². The molecular formula is C15H22N2O4S. The second kappa shape index (κ2) is 7.71. The molecule has 1 aliphatic rings. The van der Waals surface area contributed by atoms with Crippen molar-refractivity contribution in [3.05, 3.63) is 29.8 Å². The van der Waals surface area contributed by atoms with Gasteiger partial charge in [0.25, 0.3) is 0 Å². The highest BCUT2D eigenvalue weighted by atomic mass is 32.2. The highest BCUT2D eigenvalue weighted by Crippen LogP contribution is 2.13. The summed E-state index contributed by atoms with van der Waals surface area (Å²) in [5.74, 6) is -0.130. The molecule has 1 unspecified atom stereocenters. The summed E-state index contributed by atoms with van der Waals surface area (Å²) in [5.41, 5.74) is 0.345. The Bertz CT molecular complexity index is 592. The fraction of sp³-hybridized carbons (Fsp3) is 0.533. The number of hydrogen-bond donors (Lipinski definition) is 2. The maximum atomic E-state index is 12.2. The molecule has 1 heterocycles. The monoisotopic (exact) mass is 326 g/mol. The van der Waals surface area contributed by atoms with Gasteiger partial charge in [-0.05, 0) is 63.0 Å². The molecular weight excluding hydrogens is 304 g/mol. The van der Waals surface area contributed by atoms with E-state index in [4.69, 9.17) is 4.74 Å². The summed E-state index contributed by atoms with van der Waals surface area (Å²) in [6.07, 6.45) is 2.10. The zero-order valence-electron chi connectivity index (χ0n) is 12.7. The summed E-state index contributed by atoms with van der Waals surface area (Å²) >= 11 is 0. The lowest BCUT2D eigenvalue weighted by atomic mass is 10.0. The third-order valence-corrected chi connectivity index (χ3v) is 5.08. The Morgan fingerprint density at radius 3 is 2.68 bits per heavy atom. The van der Waals surface area contributed by atoms with E-state index in [1.54, 1.807) is 6.92 Å². The molecule has 0 saturated carbocycles. The van der Waals surface area contributed by atoms with E-state index in [1.807, 2.05) is 0 Å². The van der Waals surface area contributed by atoms with Crippen molar-refractivity contribution in [1.82, 2.24) is 10.0 Å². The van der Waals surface area contributed by atoms with Gasteiger partial charge >= 0.3 is 5.97 Å². The van der Waals surface area contributed by atoms with Gasteiger partial charge in [0.15, 0.2) is 0 Å². The van der Waals surface area contributed by atoms with E-state index in [0.29, 0.717) is 18.0 Å². The lowest BCUT2D eigenvalue weighted by molar-refractivity contribution is 0.0526. The number of hydrogen-bond acceptors (Lipinski definition) is 5. The Morgan fingerprint density at radius 1 is 1.36 bits per heavy atom. The van der Waals surface area contributed by atoms with Crippen LogP contribution in [0.5, 0.6) is 0 Å². The van der Waals surface area contributed by atoms with Crippen molar-refractivity contribution in [2.45, 2.75) is 24.7 Å². The van der Waals surface area contributed by atoms with Crippen LogP contribution in [-0.2, 0) is 14.8 Å². The van der Waals surface area contributed by atoms with Crippen LogP contribution < -0.4 is 10.0 Å². The molecule has 1 aromatic carbocycles. The lowest BCUT2D eigenvalue weighted by Crippen LogP contribution is -2.38. The van der Waals surface area contributed by atoms with Gasteiger partial charge in [-0.25, -0.2) is 17.9 Å². The summed E-state index contributed by atoms with van der Waals surface area (Å²) in [6, 6.07) is 5.78. The summed E-state index contributed by atoms with van der Waals surface area (Å²) in [4.78, 5) is 11.7. The molecule has 7 heteroatoms. The van der Waals surface area contributed by atoms with Crippen molar-refractivity contribution in [1.29, 1.82) is 0 Å². The summed E-state index contributed by atoms with van der Waals surface area (Å²) in [5, 5.41) is 3.26. The molecule has 122 valence electrons. The second-order valence-electron chi connectivity index (χ2n) is 5.31. The number of benzene rings is 1. The van der Waals surface area contributed by atoms with Crippen LogP contribution in [-0.4, -0.2) is 40.6 Å². The fourth-order valence-electron chi connectivity index (χ4n) is 2.39. The van der Waals surface area contributed by atoms with Crippen molar-refractivity contribution in [3.8, 4) is 0 Å². The van der Waals surface area contributed by atoms with Crippen LogP contribution in [0.4, 0.5) is 0 Å². The molecule has 1 aromatic rings. The van der Waals surface area contributed by atoms with E-state index < -0.39 is 16.0 Å². The van der Waals surface area contributed by atoms with Crippen molar-refractivity contribution in [3.63, 3.8) is 0 Å². The highest BCUT2D eigenvalue weighted by molar-refractivity contribution is 7.89. The smallest absolute Gasteiger partial charge is 0.338 e. The van der Waals surface area contributed by atoms with Gasteiger partial charge in [-0.3, -0.25) is 0 Å². The quantitative estimate of drug-likeness (QED) is 0.766. The minimum Gasteiger partial charge on any atom is -0.462 e. The Balaban J connectivity index is 1.98. The molecule has 0 amide bonds. The first-order valence-corrected chi connectivity index (χ1v) is 8.99. The molecule has 1 atom stereocenters. The van der Waals surface area contributed by atoms with Gasteiger partial charge in [0.1, 0.15) is 0 Å². The predicted octanol–water partition coefficient (Wildman–Crippen LogP) is 1.14. The third-order valence-electron chi connectivity index (χ3n) is 3.64. The number of nitrogens with one attached hydrogen (secondary N) is 2. The summed E-state index contributed by atoms with van der Waals surface area (Å²) < 4.78 is 32.0.